The van der Waals surface area contributed by atoms with Crippen LogP contribution in [-0.2, 0) is 11.3 Å². The maximum Gasteiger partial charge on any atom is 0.230 e. The first-order valence-corrected chi connectivity index (χ1v) is 9.14. The summed E-state index contributed by atoms with van der Waals surface area (Å²) >= 11 is 5.95. The van der Waals surface area contributed by atoms with Gasteiger partial charge in [0.05, 0.1) is 5.41 Å². The zero-order valence-corrected chi connectivity index (χ0v) is 16.4. The fourth-order valence-electron chi connectivity index (χ4n) is 3.56. The quantitative estimate of drug-likeness (QED) is 0.645. The van der Waals surface area contributed by atoms with Crippen molar-refractivity contribution in [2.75, 3.05) is 34.7 Å². The SMILES string of the molecule is CN=C(NCC1(C(=O)N(C)C)CCCC1)N(C)Cc1ccc(Cl)cc1. The summed E-state index contributed by atoms with van der Waals surface area (Å²) in [6.07, 6.45) is 4.10. The highest BCUT2D eigenvalue weighted by Gasteiger charge is 2.42. The number of nitrogens with zero attached hydrogens (tertiary/aromatic N) is 3. The number of hydrogen-bond acceptors (Lipinski definition) is 2. The zero-order chi connectivity index (χ0) is 18.4. The highest BCUT2D eigenvalue weighted by molar-refractivity contribution is 6.30. The number of halogens is 1. The fourth-order valence-corrected chi connectivity index (χ4v) is 3.69. The van der Waals surface area contributed by atoms with E-state index in [1.165, 1.54) is 0 Å². The van der Waals surface area contributed by atoms with E-state index in [9.17, 15) is 4.79 Å². The maximum absolute atomic E-state index is 12.7. The van der Waals surface area contributed by atoms with Gasteiger partial charge in [0, 0.05) is 46.3 Å². The van der Waals surface area contributed by atoms with Crippen molar-refractivity contribution in [2.24, 2.45) is 10.4 Å². The van der Waals surface area contributed by atoms with Crippen LogP contribution in [0, 0.1) is 5.41 Å². The average molecular weight is 365 g/mol. The number of carbonyl (C=O) groups excluding carboxylic acids is 1. The van der Waals surface area contributed by atoms with Crippen LogP contribution in [0.5, 0.6) is 0 Å². The van der Waals surface area contributed by atoms with Gasteiger partial charge in [-0.2, -0.15) is 0 Å². The van der Waals surface area contributed by atoms with Crippen LogP contribution in [0.2, 0.25) is 5.02 Å². The number of nitrogens with one attached hydrogen (secondary N) is 1. The van der Waals surface area contributed by atoms with E-state index < -0.39 is 0 Å². The molecular weight excluding hydrogens is 336 g/mol. The lowest BCUT2D eigenvalue weighted by Crippen LogP contribution is -2.49. The summed E-state index contributed by atoms with van der Waals surface area (Å²) in [5.41, 5.74) is 0.857. The van der Waals surface area contributed by atoms with E-state index in [1.807, 2.05) is 45.4 Å². The predicted molar refractivity (Wildman–Crippen MR) is 104 cm³/mol. The molecule has 1 aromatic rings. The molecule has 0 saturated heterocycles. The van der Waals surface area contributed by atoms with Crippen LogP contribution in [0.4, 0.5) is 0 Å². The van der Waals surface area contributed by atoms with Gasteiger partial charge in [-0.1, -0.05) is 36.6 Å². The largest absolute Gasteiger partial charge is 0.355 e. The van der Waals surface area contributed by atoms with E-state index in [1.54, 1.807) is 11.9 Å². The lowest BCUT2D eigenvalue weighted by atomic mass is 9.84. The van der Waals surface area contributed by atoms with Gasteiger partial charge in [0.1, 0.15) is 0 Å². The number of hydrogen-bond donors (Lipinski definition) is 1. The van der Waals surface area contributed by atoms with Crippen LogP contribution in [0.25, 0.3) is 0 Å². The molecule has 138 valence electrons. The van der Waals surface area contributed by atoms with E-state index in [0.717, 1.165) is 48.8 Å². The van der Waals surface area contributed by atoms with Gasteiger partial charge >= 0.3 is 0 Å². The highest BCUT2D eigenvalue weighted by atomic mass is 35.5. The molecule has 1 N–H and O–H groups in total. The first-order valence-electron chi connectivity index (χ1n) is 8.76. The molecule has 1 fully saturated rings. The molecule has 0 spiro atoms. The van der Waals surface area contributed by atoms with Crippen molar-refractivity contribution in [1.29, 1.82) is 0 Å². The average Bonchev–Trinajstić information content (AvgIpc) is 3.06. The van der Waals surface area contributed by atoms with Gasteiger partial charge < -0.3 is 15.1 Å². The summed E-state index contributed by atoms with van der Waals surface area (Å²) in [4.78, 5) is 20.8. The van der Waals surface area contributed by atoms with E-state index >= 15 is 0 Å². The minimum atomic E-state index is -0.305. The number of guanidine groups is 1. The van der Waals surface area contributed by atoms with Crippen molar-refractivity contribution < 1.29 is 4.79 Å². The topological polar surface area (TPSA) is 47.9 Å². The molecule has 0 aromatic heterocycles. The standard InChI is InChI=1S/C19H29ClN4O/c1-21-18(24(4)13-15-7-9-16(20)10-8-15)22-14-19(11-5-6-12-19)17(25)23(2)3/h7-10H,5-6,11-14H2,1-4H3,(H,21,22). The Hall–Kier alpha value is -1.75. The van der Waals surface area contributed by atoms with Crippen LogP contribution in [0.15, 0.2) is 29.3 Å². The molecule has 6 heteroatoms. The van der Waals surface area contributed by atoms with Crippen molar-refractivity contribution >= 4 is 23.5 Å². The van der Waals surface area contributed by atoms with E-state index in [-0.39, 0.29) is 11.3 Å². The first-order chi connectivity index (χ1) is 11.9. The Morgan fingerprint density at radius 1 is 1.20 bits per heavy atom. The number of benzene rings is 1. The Bertz CT molecular complexity index is 606. The molecule has 2 rings (SSSR count). The van der Waals surface area contributed by atoms with Gasteiger partial charge in [-0.15, -0.1) is 0 Å². The molecule has 0 heterocycles. The third kappa shape index (κ3) is 4.88. The maximum atomic E-state index is 12.7. The summed E-state index contributed by atoms with van der Waals surface area (Å²) in [6, 6.07) is 7.81. The van der Waals surface area contributed by atoms with Gasteiger partial charge in [-0.25, -0.2) is 0 Å². The molecule has 1 aliphatic carbocycles. The molecular formula is C19H29ClN4O. The predicted octanol–water partition coefficient (Wildman–Crippen LogP) is 3.00. The lowest BCUT2D eigenvalue weighted by molar-refractivity contribution is -0.138. The number of aliphatic imine (C=N–C) groups is 1. The summed E-state index contributed by atoms with van der Waals surface area (Å²) < 4.78 is 0. The molecule has 1 amide bonds. The van der Waals surface area contributed by atoms with Crippen molar-refractivity contribution in [3.05, 3.63) is 34.9 Å². The third-order valence-corrected chi connectivity index (χ3v) is 5.16. The lowest BCUT2D eigenvalue weighted by Gasteiger charge is -2.32. The Balaban J connectivity index is 2.00. The Morgan fingerprint density at radius 3 is 2.32 bits per heavy atom. The van der Waals surface area contributed by atoms with Crippen LogP contribution in [-0.4, -0.2) is 56.4 Å². The molecule has 1 aromatic carbocycles. The summed E-state index contributed by atoms with van der Waals surface area (Å²) in [5.74, 6) is 1.01. The molecule has 0 aliphatic heterocycles. The van der Waals surface area contributed by atoms with Crippen molar-refractivity contribution in [3.8, 4) is 0 Å². The molecule has 1 aliphatic rings. The van der Waals surface area contributed by atoms with Crippen LogP contribution in [0.1, 0.15) is 31.2 Å². The monoisotopic (exact) mass is 364 g/mol. The molecule has 0 unspecified atom stereocenters. The number of rotatable bonds is 5. The third-order valence-electron chi connectivity index (χ3n) is 4.91. The number of amides is 1. The second kappa shape index (κ2) is 8.56. The Labute approximate surface area is 156 Å². The van der Waals surface area contributed by atoms with Gasteiger partial charge in [0.25, 0.3) is 0 Å². The highest BCUT2D eigenvalue weighted by Crippen LogP contribution is 2.38. The molecule has 0 atom stereocenters. The van der Waals surface area contributed by atoms with Crippen molar-refractivity contribution in [2.45, 2.75) is 32.2 Å². The minimum absolute atomic E-state index is 0.216. The second-order valence-corrected chi connectivity index (χ2v) is 7.51. The summed E-state index contributed by atoms with van der Waals surface area (Å²) in [7, 11) is 7.45. The smallest absolute Gasteiger partial charge is 0.230 e. The summed E-state index contributed by atoms with van der Waals surface area (Å²) in [5, 5.41) is 4.16. The van der Waals surface area contributed by atoms with Gasteiger partial charge in [-0.05, 0) is 30.5 Å². The number of carbonyl (C=O) groups is 1. The molecule has 5 nitrogen and oxygen atoms in total. The Morgan fingerprint density at radius 2 is 1.80 bits per heavy atom. The first kappa shape index (κ1) is 19.6. The van der Waals surface area contributed by atoms with E-state index in [2.05, 4.69) is 15.2 Å². The minimum Gasteiger partial charge on any atom is -0.355 e. The van der Waals surface area contributed by atoms with Gasteiger partial charge in [0.2, 0.25) is 5.91 Å². The fraction of sp³-hybridized carbons (Fsp3) is 0.579. The van der Waals surface area contributed by atoms with Crippen molar-refractivity contribution in [3.63, 3.8) is 0 Å². The summed E-state index contributed by atoms with van der Waals surface area (Å²) in [6.45, 7) is 1.35. The second-order valence-electron chi connectivity index (χ2n) is 7.07. The zero-order valence-electron chi connectivity index (χ0n) is 15.7. The van der Waals surface area contributed by atoms with Crippen LogP contribution in [0.3, 0.4) is 0 Å². The molecule has 0 bridgehead atoms. The van der Waals surface area contributed by atoms with Gasteiger partial charge in [-0.3, -0.25) is 9.79 Å². The molecule has 1 saturated carbocycles. The molecule has 25 heavy (non-hydrogen) atoms. The van der Waals surface area contributed by atoms with E-state index in [4.69, 9.17) is 11.6 Å². The van der Waals surface area contributed by atoms with Crippen LogP contribution >= 0.6 is 11.6 Å². The van der Waals surface area contributed by atoms with Crippen molar-refractivity contribution in [1.82, 2.24) is 15.1 Å². The van der Waals surface area contributed by atoms with Gasteiger partial charge in [0.15, 0.2) is 5.96 Å². The Kier molecular flexibility index (Phi) is 6.71. The molecule has 0 radical (unpaired) electrons. The van der Waals surface area contributed by atoms with Crippen LogP contribution < -0.4 is 5.32 Å². The normalized spacial score (nSPS) is 16.6. The van der Waals surface area contributed by atoms with E-state index in [0.29, 0.717) is 6.54 Å².